The van der Waals surface area contributed by atoms with Crippen LogP contribution in [0.3, 0.4) is 0 Å². The number of aryl methyl sites for hydroxylation is 1. The molecule has 13 heavy (non-hydrogen) atoms. The second-order valence-electron chi connectivity index (χ2n) is 2.64. The van der Waals surface area contributed by atoms with E-state index >= 15 is 0 Å². The molecule has 0 saturated carbocycles. The van der Waals surface area contributed by atoms with Gasteiger partial charge in [0, 0.05) is 18.5 Å². The molecular weight excluding hydrogens is 166 g/mol. The predicted molar refractivity (Wildman–Crippen MR) is 49.3 cm³/mol. The summed E-state index contributed by atoms with van der Waals surface area (Å²) in [5, 5.41) is 8.31. The highest BCUT2D eigenvalue weighted by atomic mass is 16.4. The maximum absolute atomic E-state index is 10.1. The third kappa shape index (κ3) is 4.06. The summed E-state index contributed by atoms with van der Waals surface area (Å²) >= 11 is 0. The van der Waals surface area contributed by atoms with Crippen molar-refractivity contribution >= 4 is 5.97 Å². The summed E-state index contributed by atoms with van der Waals surface area (Å²) < 4.78 is 0. The maximum atomic E-state index is 10.1. The number of carboxylic acids is 1. The Hall–Kier alpha value is -1.64. The molecule has 0 aliphatic carbocycles. The van der Waals surface area contributed by atoms with Gasteiger partial charge < -0.3 is 5.11 Å². The van der Waals surface area contributed by atoms with Crippen molar-refractivity contribution in [2.45, 2.75) is 12.8 Å². The van der Waals surface area contributed by atoms with Gasteiger partial charge in [-0.25, -0.2) is 4.79 Å². The second-order valence-corrected chi connectivity index (χ2v) is 2.64. The molecule has 3 nitrogen and oxygen atoms in total. The van der Waals surface area contributed by atoms with E-state index < -0.39 is 5.97 Å². The Balaban J connectivity index is 2.32. The van der Waals surface area contributed by atoms with Gasteiger partial charge in [0.25, 0.3) is 0 Å². The van der Waals surface area contributed by atoms with Crippen molar-refractivity contribution in [1.29, 1.82) is 0 Å². The van der Waals surface area contributed by atoms with Crippen LogP contribution >= 0.6 is 0 Å². The average Bonchev–Trinajstić information content (AvgIpc) is 2.14. The molecule has 0 amide bonds. The smallest absolute Gasteiger partial charge is 0.327 e. The highest BCUT2D eigenvalue weighted by molar-refractivity contribution is 5.79. The van der Waals surface area contributed by atoms with E-state index in [4.69, 9.17) is 5.11 Å². The van der Waals surface area contributed by atoms with Crippen molar-refractivity contribution in [1.82, 2.24) is 4.98 Å². The van der Waals surface area contributed by atoms with Crippen LogP contribution in [0.5, 0.6) is 0 Å². The van der Waals surface area contributed by atoms with Gasteiger partial charge in [-0.2, -0.15) is 0 Å². The van der Waals surface area contributed by atoms with Gasteiger partial charge in [0.15, 0.2) is 0 Å². The van der Waals surface area contributed by atoms with Crippen molar-refractivity contribution in [3.8, 4) is 0 Å². The number of hydrogen-bond acceptors (Lipinski definition) is 2. The molecule has 0 bridgehead atoms. The Morgan fingerprint density at radius 3 is 3.08 bits per heavy atom. The molecule has 0 radical (unpaired) electrons. The maximum Gasteiger partial charge on any atom is 0.327 e. The van der Waals surface area contributed by atoms with Crippen LogP contribution in [0, 0.1) is 0 Å². The fourth-order valence-corrected chi connectivity index (χ4v) is 0.980. The molecule has 0 aromatic carbocycles. The largest absolute Gasteiger partial charge is 0.478 e. The molecule has 1 N–H and O–H groups in total. The minimum absolute atomic E-state index is 0.734. The topological polar surface area (TPSA) is 50.2 Å². The van der Waals surface area contributed by atoms with E-state index in [0.717, 1.165) is 24.5 Å². The second kappa shape index (κ2) is 5.09. The third-order valence-electron chi connectivity index (χ3n) is 1.58. The molecule has 0 spiro atoms. The number of pyridine rings is 1. The van der Waals surface area contributed by atoms with Crippen LogP contribution in [0.15, 0.2) is 36.7 Å². The van der Waals surface area contributed by atoms with E-state index in [1.54, 1.807) is 18.5 Å². The molecule has 1 aromatic rings. The molecule has 0 fully saturated rings. The molecule has 0 saturated heterocycles. The first-order valence-electron chi connectivity index (χ1n) is 4.07. The van der Waals surface area contributed by atoms with Crippen LogP contribution in [0.1, 0.15) is 12.0 Å². The van der Waals surface area contributed by atoms with Crippen molar-refractivity contribution in [3.63, 3.8) is 0 Å². The summed E-state index contributed by atoms with van der Waals surface area (Å²) in [5.74, 6) is -0.897. The monoisotopic (exact) mass is 177 g/mol. The van der Waals surface area contributed by atoms with Crippen LogP contribution < -0.4 is 0 Å². The van der Waals surface area contributed by atoms with E-state index in [-0.39, 0.29) is 0 Å². The van der Waals surface area contributed by atoms with Crippen LogP contribution in [0.4, 0.5) is 0 Å². The lowest BCUT2D eigenvalue weighted by Gasteiger charge is -1.94. The Bertz CT molecular complexity index is 293. The number of carboxylic acid groups (broad SMARTS) is 1. The first-order chi connectivity index (χ1) is 6.29. The van der Waals surface area contributed by atoms with Crippen molar-refractivity contribution in [2.24, 2.45) is 0 Å². The molecule has 0 aliphatic heterocycles. The lowest BCUT2D eigenvalue weighted by atomic mass is 10.1. The number of nitrogens with zero attached hydrogens (tertiary/aromatic N) is 1. The van der Waals surface area contributed by atoms with Gasteiger partial charge in [-0.15, -0.1) is 0 Å². The Morgan fingerprint density at radius 2 is 2.46 bits per heavy atom. The molecular formula is C10H11NO2. The summed E-state index contributed by atoms with van der Waals surface area (Å²) in [5.41, 5.74) is 1.12. The Morgan fingerprint density at radius 1 is 1.62 bits per heavy atom. The zero-order valence-electron chi connectivity index (χ0n) is 7.18. The molecule has 0 aliphatic rings. The van der Waals surface area contributed by atoms with Crippen LogP contribution in [-0.4, -0.2) is 16.1 Å². The zero-order valence-corrected chi connectivity index (χ0v) is 7.18. The molecule has 0 atom stereocenters. The highest BCUT2D eigenvalue weighted by Crippen LogP contribution is 2.00. The van der Waals surface area contributed by atoms with Gasteiger partial charge in [-0.1, -0.05) is 12.1 Å². The quantitative estimate of drug-likeness (QED) is 0.711. The number of aliphatic carboxylic acids is 1. The van der Waals surface area contributed by atoms with E-state index in [1.807, 2.05) is 12.1 Å². The van der Waals surface area contributed by atoms with Gasteiger partial charge in [-0.3, -0.25) is 4.98 Å². The summed E-state index contributed by atoms with van der Waals surface area (Å²) in [7, 11) is 0. The fourth-order valence-electron chi connectivity index (χ4n) is 0.980. The molecule has 1 heterocycles. The summed E-state index contributed by atoms with van der Waals surface area (Å²) in [6, 6.07) is 3.85. The number of carbonyl (C=O) groups is 1. The van der Waals surface area contributed by atoms with E-state index in [0.29, 0.717) is 0 Å². The van der Waals surface area contributed by atoms with Crippen LogP contribution in [0.2, 0.25) is 0 Å². The van der Waals surface area contributed by atoms with Gasteiger partial charge in [0.05, 0.1) is 0 Å². The average molecular weight is 177 g/mol. The van der Waals surface area contributed by atoms with Crippen LogP contribution in [-0.2, 0) is 11.2 Å². The first kappa shape index (κ1) is 9.45. The Kier molecular flexibility index (Phi) is 3.70. The van der Waals surface area contributed by atoms with Crippen molar-refractivity contribution in [3.05, 3.63) is 42.2 Å². The molecule has 1 rings (SSSR count). The summed E-state index contributed by atoms with van der Waals surface area (Å²) in [4.78, 5) is 14.1. The lowest BCUT2D eigenvalue weighted by Crippen LogP contribution is -1.87. The van der Waals surface area contributed by atoms with E-state index in [1.165, 1.54) is 0 Å². The SMILES string of the molecule is O=C(O)C=CCCc1cccnc1. The number of hydrogen-bond donors (Lipinski definition) is 1. The number of aromatic nitrogens is 1. The van der Waals surface area contributed by atoms with Gasteiger partial charge in [0.1, 0.15) is 0 Å². The predicted octanol–water partition coefficient (Wildman–Crippen LogP) is 1.66. The molecule has 68 valence electrons. The summed E-state index contributed by atoms with van der Waals surface area (Å²) in [6.45, 7) is 0. The van der Waals surface area contributed by atoms with E-state index in [2.05, 4.69) is 4.98 Å². The zero-order chi connectivity index (χ0) is 9.52. The third-order valence-corrected chi connectivity index (χ3v) is 1.58. The minimum atomic E-state index is -0.897. The number of rotatable bonds is 4. The van der Waals surface area contributed by atoms with Crippen molar-refractivity contribution < 1.29 is 9.90 Å². The Labute approximate surface area is 76.7 Å². The van der Waals surface area contributed by atoms with E-state index in [9.17, 15) is 4.79 Å². The molecule has 3 heteroatoms. The molecule has 1 aromatic heterocycles. The normalized spacial score (nSPS) is 10.5. The van der Waals surface area contributed by atoms with Crippen LogP contribution in [0.25, 0.3) is 0 Å². The fraction of sp³-hybridized carbons (Fsp3) is 0.200. The lowest BCUT2D eigenvalue weighted by molar-refractivity contribution is -0.131. The first-order valence-corrected chi connectivity index (χ1v) is 4.07. The van der Waals surface area contributed by atoms with Crippen molar-refractivity contribution in [2.75, 3.05) is 0 Å². The molecule has 0 unspecified atom stereocenters. The minimum Gasteiger partial charge on any atom is -0.478 e. The van der Waals surface area contributed by atoms with Gasteiger partial charge in [0.2, 0.25) is 0 Å². The number of allylic oxidation sites excluding steroid dienone is 1. The summed E-state index contributed by atoms with van der Waals surface area (Å²) in [6.07, 6.45) is 7.88. The van der Waals surface area contributed by atoms with Gasteiger partial charge >= 0.3 is 5.97 Å². The van der Waals surface area contributed by atoms with Gasteiger partial charge in [-0.05, 0) is 24.5 Å². The highest BCUT2D eigenvalue weighted by Gasteiger charge is 1.89. The standard InChI is InChI=1S/C10H11NO2/c12-10(13)6-2-1-4-9-5-3-7-11-8-9/h2-3,5-8H,1,4H2,(H,12,13).